The summed E-state index contributed by atoms with van der Waals surface area (Å²) in [5, 5.41) is 11.3. The van der Waals surface area contributed by atoms with E-state index in [-0.39, 0.29) is 5.54 Å². The Morgan fingerprint density at radius 3 is 2.18 bits per heavy atom. The van der Waals surface area contributed by atoms with E-state index in [0.29, 0.717) is 5.02 Å². The van der Waals surface area contributed by atoms with Crippen molar-refractivity contribution >= 4 is 11.6 Å². The van der Waals surface area contributed by atoms with Gasteiger partial charge in [0.2, 0.25) is 0 Å². The molecule has 0 aliphatic heterocycles. The standard InChI is InChI=1S/C14H22ClNO/c1-5-14(6-2,16(3)4)13(17)11-9-7-8-10-12(11)15/h7-10,13,17H,5-6H2,1-4H3. The Labute approximate surface area is 109 Å². The maximum absolute atomic E-state index is 10.7. The van der Waals surface area contributed by atoms with Gasteiger partial charge in [0.15, 0.2) is 0 Å². The predicted octanol–water partition coefficient (Wildman–Crippen LogP) is 3.49. The molecular formula is C14H22ClNO. The molecule has 1 atom stereocenters. The zero-order valence-electron chi connectivity index (χ0n) is 11.1. The fourth-order valence-electron chi connectivity index (χ4n) is 2.50. The highest BCUT2D eigenvalue weighted by molar-refractivity contribution is 6.31. The summed E-state index contributed by atoms with van der Waals surface area (Å²) < 4.78 is 0. The number of benzene rings is 1. The first-order valence-corrected chi connectivity index (χ1v) is 6.47. The number of hydrogen-bond donors (Lipinski definition) is 1. The first-order chi connectivity index (χ1) is 7.99. The molecule has 0 fully saturated rings. The molecular weight excluding hydrogens is 234 g/mol. The minimum absolute atomic E-state index is 0.259. The highest BCUT2D eigenvalue weighted by Gasteiger charge is 2.38. The molecule has 1 aromatic carbocycles. The lowest BCUT2D eigenvalue weighted by Crippen LogP contribution is -2.48. The lowest BCUT2D eigenvalue weighted by molar-refractivity contribution is -0.0149. The number of rotatable bonds is 5. The molecule has 0 saturated carbocycles. The van der Waals surface area contributed by atoms with Gasteiger partial charge in [-0.3, -0.25) is 0 Å². The molecule has 2 nitrogen and oxygen atoms in total. The van der Waals surface area contributed by atoms with E-state index < -0.39 is 6.10 Å². The molecule has 0 heterocycles. The average Bonchev–Trinajstić information content (AvgIpc) is 2.31. The van der Waals surface area contributed by atoms with Gasteiger partial charge in [0.1, 0.15) is 0 Å². The highest BCUT2D eigenvalue weighted by Crippen LogP contribution is 2.38. The molecule has 1 rings (SSSR count). The summed E-state index contributed by atoms with van der Waals surface area (Å²) >= 11 is 6.17. The molecule has 1 N–H and O–H groups in total. The van der Waals surface area contributed by atoms with Gasteiger partial charge in [0.05, 0.1) is 11.6 Å². The van der Waals surface area contributed by atoms with Gasteiger partial charge in [0, 0.05) is 10.6 Å². The molecule has 96 valence electrons. The van der Waals surface area contributed by atoms with Crippen LogP contribution in [0.4, 0.5) is 0 Å². The summed E-state index contributed by atoms with van der Waals surface area (Å²) in [5.41, 5.74) is 0.553. The van der Waals surface area contributed by atoms with E-state index in [1.165, 1.54) is 0 Å². The van der Waals surface area contributed by atoms with Crippen molar-refractivity contribution in [2.24, 2.45) is 0 Å². The molecule has 1 unspecified atom stereocenters. The Morgan fingerprint density at radius 1 is 1.24 bits per heavy atom. The minimum Gasteiger partial charge on any atom is -0.386 e. The summed E-state index contributed by atoms with van der Waals surface area (Å²) in [6.45, 7) is 4.20. The van der Waals surface area contributed by atoms with Crippen molar-refractivity contribution in [2.75, 3.05) is 14.1 Å². The van der Waals surface area contributed by atoms with Crippen molar-refractivity contribution in [3.63, 3.8) is 0 Å². The maximum atomic E-state index is 10.7. The van der Waals surface area contributed by atoms with Crippen LogP contribution in [0.1, 0.15) is 38.4 Å². The lowest BCUT2D eigenvalue weighted by atomic mass is 9.81. The summed E-state index contributed by atoms with van der Waals surface area (Å²) in [5.74, 6) is 0. The van der Waals surface area contributed by atoms with Gasteiger partial charge in [-0.25, -0.2) is 0 Å². The normalized spacial score (nSPS) is 14.1. The Morgan fingerprint density at radius 2 is 1.76 bits per heavy atom. The van der Waals surface area contributed by atoms with Crippen LogP contribution < -0.4 is 0 Å². The monoisotopic (exact) mass is 255 g/mol. The maximum Gasteiger partial charge on any atom is 0.0987 e. The number of hydrogen-bond acceptors (Lipinski definition) is 2. The van der Waals surface area contributed by atoms with E-state index in [1.54, 1.807) is 0 Å². The van der Waals surface area contributed by atoms with E-state index in [9.17, 15) is 5.11 Å². The molecule has 0 aliphatic rings. The number of aliphatic hydroxyl groups excluding tert-OH is 1. The minimum atomic E-state index is -0.568. The summed E-state index contributed by atoms with van der Waals surface area (Å²) in [6, 6.07) is 7.52. The SMILES string of the molecule is CCC(CC)(C(O)c1ccccc1Cl)N(C)C. The van der Waals surface area contributed by atoms with E-state index in [2.05, 4.69) is 18.7 Å². The van der Waals surface area contributed by atoms with Gasteiger partial charge in [-0.15, -0.1) is 0 Å². The first kappa shape index (κ1) is 14.5. The van der Waals surface area contributed by atoms with Crippen molar-refractivity contribution < 1.29 is 5.11 Å². The van der Waals surface area contributed by atoms with E-state index in [0.717, 1.165) is 18.4 Å². The molecule has 17 heavy (non-hydrogen) atoms. The fraction of sp³-hybridized carbons (Fsp3) is 0.571. The second kappa shape index (κ2) is 5.85. The van der Waals surface area contributed by atoms with Crippen molar-refractivity contribution in [2.45, 2.75) is 38.3 Å². The summed E-state index contributed by atoms with van der Waals surface area (Å²) in [6.07, 6.45) is 1.19. The lowest BCUT2D eigenvalue weighted by Gasteiger charge is -2.43. The number of likely N-dealkylation sites (N-methyl/N-ethyl adjacent to an activating group) is 1. The van der Waals surface area contributed by atoms with Crippen molar-refractivity contribution in [3.8, 4) is 0 Å². The number of halogens is 1. The largest absolute Gasteiger partial charge is 0.386 e. The molecule has 0 bridgehead atoms. The van der Waals surface area contributed by atoms with Gasteiger partial charge in [-0.05, 0) is 33.0 Å². The smallest absolute Gasteiger partial charge is 0.0987 e. The zero-order valence-corrected chi connectivity index (χ0v) is 11.8. The van der Waals surface area contributed by atoms with Crippen LogP contribution in [0.3, 0.4) is 0 Å². The topological polar surface area (TPSA) is 23.5 Å². The van der Waals surface area contributed by atoms with Gasteiger partial charge in [0.25, 0.3) is 0 Å². The third kappa shape index (κ3) is 2.65. The van der Waals surface area contributed by atoms with Gasteiger partial charge in [-0.2, -0.15) is 0 Å². The predicted molar refractivity (Wildman–Crippen MR) is 73.4 cm³/mol. The Kier molecular flexibility index (Phi) is 4.99. The van der Waals surface area contributed by atoms with E-state index >= 15 is 0 Å². The van der Waals surface area contributed by atoms with E-state index in [1.807, 2.05) is 38.4 Å². The van der Waals surface area contributed by atoms with Crippen LogP contribution >= 0.6 is 11.6 Å². The molecule has 0 amide bonds. The molecule has 3 heteroatoms. The molecule has 0 radical (unpaired) electrons. The van der Waals surface area contributed by atoms with Crippen LogP contribution in [0, 0.1) is 0 Å². The second-order valence-corrected chi connectivity index (χ2v) is 5.04. The summed E-state index contributed by atoms with van der Waals surface area (Å²) in [4.78, 5) is 2.10. The average molecular weight is 256 g/mol. The third-order valence-corrected chi connectivity index (χ3v) is 4.17. The van der Waals surface area contributed by atoms with Crippen LogP contribution in [-0.4, -0.2) is 29.6 Å². The van der Waals surface area contributed by atoms with Crippen molar-refractivity contribution in [1.29, 1.82) is 0 Å². The quantitative estimate of drug-likeness (QED) is 0.871. The fourth-order valence-corrected chi connectivity index (χ4v) is 2.74. The number of nitrogens with zero attached hydrogens (tertiary/aromatic N) is 1. The van der Waals surface area contributed by atoms with Crippen molar-refractivity contribution in [3.05, 3.63) is 34.9 Å². The van der Waals surface area contributed by atoms with Crippen molar-refractivity contribution in [1.82, 2.24) is 4.90 Å². The molecule has 0 aromatic heterocycles. The zero-order chi connectivity index (χ0) is 13.1. The van der Waals surface area contributed by atoms with Crippen LogP contribution in [0.15, 0.2) is 24.3 Å². The van der Waals surface area contributed by atoms with Crippen LogP contribution in [0.25, 0.3) is 0 Å². The third-order valence-electron chi connectivity index (χ3n) is 3.82. The van der Waals surface area contributed by atoms with Crippen LogP contribution in [-0.2, 0) is 0 Å². The molecule has 0 aliphatic carbocycles. The Hall–Kier alpha value is -0.570. The van der Waals surface area contributed by atoms with Gasteiger partial charge < -0.3 is 10.0 Å². The van der Waals surface area contributed by atoms with E-state index in [4.69, 9.17) is 11.6 Å². The second-order valence-electron chi connectivity index (χ2n) is 4.63. The van der Waals surface area contributed by atoms with Crippen LogP contribution in [0.5, 0.6) is 0 Å². The van der Waals surface area contributed by atoms with Gasteiger partial charge >= 0.3 is 0 Å². The Balaban J connectivity index is 3.17. The first-order valence-electron chi connectivity index (χ1n) is 6.09. The Bertz CT molecular complexity index is 361. The molecule has 0 saturated heterocycles. The molecule has 0 spiro atoms. The molecule has 1 aromatic rings. The summed E-state index contributed by atoms with van der Waals surface area (Å²) in [7, 11) is 4.01. The van der Waals surface area contributed by atoms with Crippen LogP contribution in [0.2, 0.25) is 5.02 Å². The number of aliphatic hydroxyl groups is 1. The highest BCUT2D eigenvalue weighted by atomic mass is 35.5. The van der Waals surface area contributed by atoms with Gasteiger partial charge in [-0.1, -0.05) is 43.6 Å².